The number of ether oxygens (including phenoxy) is 1. The molecule has 0 aliphatic carbocycles. The fourth-order valence-corrected chi connectivity index (χ4v) is 2.06. The molecule has 0 bridgehead atoms. The molecule has 0 spiro atoms. The summed E-state index contributed by atoms with van der Waals surface area (Å²) in [4.78, 5) is 11.8. The van der Waals surface area contributed by atoms with E-state index in [1.165, 1.54) is 11.1 Å². The van der Waals surface area contributed by atoms with Crippen molar-refractivity contribution in [1.82, 2.24) is 10.6 Å². The highest BCUT2D eigenvalue weighted by molar-refractivity contribution is 5.81. The van der Waals surface area contributed by atoms with Crippen LogP contribution in [0, 0.1) is 5.92 Å². The van der Waals surface area contributed by atoms with Crippen molar-refractivity contribution in [3.05, 3.63) is 35.4 Å². The number of benzene rings is 1. The molecular weight excluding hydrogens is 264 g/mol. The van der Waals surface area contributed by atoms with Crippen LogP contribution < -0.4 is 10.6 Å². The smallest absolute Gasteiger partial charge is 0.236 e. The highest BCUT2D eigenvalue weighted by Crippen LogP contribution is 2.09. The van der Waals surface area contributed by atoms with Crippen LogP contribution in [0.4, 0.5) is 0 Å². The van der Waals surface area contributed by atoms with Crippen molar-refractivity contribution in [2.75, 3.05) is 20.3 Å². The highest BCUT2D eigenvalue weighted by Gasteiger charge is 2.11. The molecule has 1 aromatic carbocycles. The first-order valence-corrected chi connectivity index (χ1v) is 7.60. The molecule has 1 aromatic rings. The van der Waals surface area contributed by atoms with E-state index in [-0.39, 0.29) is 11.9 Å². The quantitative estimate of drug-likeness (QED) is 0.686. The molecule has 2 N–H and O–H groups in total. The molecule has 1 unspecified atom stereocenters. The Bertz CT molecular complexity index is 415. The fourth-order valence-electron chi connectivity index (χ4n) is 2.06. The molecule has 0 fully saturated rings. The van der Waals surface area contributed by atoms with E-state index in [4.69, 9.17) is 4.74 Å². The third-order valence-corrected chi connectivity index (χ3v) is 3.28. The summed E-state index contributed by atoms with van der Waals surface area (Å²) in [6.45, 7) is 8.09. The Hall–Kier alpha value is -1.39. The van der Waals surface area contributed by atoms with Gasteiger partial charge in [0.2, 0.25) is 5.91 Å². The van der Waals surface area contributed by atoms with Crippen molar-refractivity contribution in [2.45, 2.75) is 39.8 Å². The van der Waals surface area contributed by atoms with Gasteiger partial charge in [-0.3, -0.25) is 4.79 Å². The monoisotopic (exact) mass is 292 g/mol. The summed E-state index contributed by atoms with van der Waals surface area (Å²) in [6.07, 6.45) is 1.10. The SMILES string of the molecule is COCCNC(=O)C(C)NCc1ccc(CC(C)C)cc1. The number of nitrogens with one attached hydrogen (secondary N) is 2. The Morgan fingerprint density at radius 3 is 2.33 bits per heavy atom. The molecule has 0 aliphatic rings. The summed E-state index contributed by atoms with van der Waals surface area (Å²) in [5.74, 6) is 0.674. The summed E-state index contributed by atoms with van der Waals surface area (Å²) in [5.41, 5.74) is 2.55. The van der Waals surface area contributed by atoms with Gasteiger partial charge in [-0.2, -0.15) is 0 Å². The Balaban J connectivity index is 2.35. The predicted molar refractivity (Wildman–Crippen MR) is 86.2 cm³/mol. The molecule has 0 saturated carbocycles. The molecule has 1 rings (SSSR count). The second-order valence-electron chi connectivity index (χ2n) is 5.80. The number of hydrogen-bond acceptors (Lipinski definition) is 3. The molecule has 0 heterocycles. The minimum Gasteiger partial charge on any atom is -0.383 e. The van der Waals surface area contributed by atoms with E-state index in [1.54, 1.807) is 7.11 Å². The van der Waals surface area contributed by atoms with Crippen LogP contribution in [-0.4, -0.2) is 32.2 Å². The van der Waals surface area contributed by atoms with Crippen molar-refractivity contribution in [3.63, 3.8) is 0 Å². The number of hydrogen-bond donors (Lipinski definition) is 2. The van der Waals surface area contributed by atoms with Crippen molar-refractivity contribution < 1.29 is 9.53 Å². The van der Waals surface area contributed by atoms with Crippen LogP contribution in [0.1, 0.15) is 31.9 Å². The molecule has 0 aromatic heterocycles. The maximum atomic E-state index is 11.8. The zero-order valence-corrected chi connectivity index (χ0v) is 13.6. The van der Waals surface area contributed by atoms with Gasteiger partial charge in [-0.1, -0.05) is 38.1 Å². The third kappa shape index (κ3) is 7.25. The van der Waals surface area contributed by atoms with Crippen LogP contribution in [0.5, 0.6) is 0 Å². The number of amides is 1. The van der Waals surface area contributed by atoms with E-state index in [0.717, 1.165) is 6.42 Å². The van der Waals surface area contributed by atoms with Crippen LogP contribution in [0.2, 0.25) is 0 Å². The van der Waals surface area contributed by atoms with E-state index in [2.05, 4.69) is 48.7 Å². The van der Waals surface area contributed by atoms with Gasteiger partial charge >= 0.3 is 0 Å². The van der Waals surface area contributed by atoms with Crippen LogP contribution in [-0.2, 0) is 22.5 Å². The Morgan fingerprint density at radius 1 is 1.14 bits per heavy atom. The number of carbonyl (C=O) groups excluding carboxylic acids is 1. The lowest BCUT2D eigenvalue weighted by atomic mass is 10.0. The number of rotatable bonds is 9. The van der Waals surface area contributed by atoms with E-state index in [9.17, 15) is 4.79 Å². The lowest BCUT2D eigenvalue weighted by Gasteiger charge is -2.14. The summed E-state index contributed by atoms with van der Waals surface area (Å²) >= 11 is 0. The summed E-state index contributed by atoms with van der Waals surface area (Å²) in [7, 11) is 1.62. The maximum Gasteiger partial charge on any atom is 0.236 e. The van der Waals surface area contributed by atoms with Crippen LogP contribution in [0.3, 0.4) is 0 Å². The molecule has 4 heteroatoms. The average Bonchev–Trinajstić information content (AvgIpc) is 2.45. The Kier molecular flexibility index (Phi) is 8.01. The molecule has 21 heavy (non-hydrogen) atoms. The molecule has 0 radical (unpaired) electrons. The van der Waals surface area contributed by atoms with Gasteiger partial charge in [0.15, 0.2) is 0 Å². The topological polar surface area (TPSA) is 50.4 Å². The lowest BCUT2D eigenvalue weighted by Crippen LogP contribution is -2.42. The summed E-state index contributed by atoms with van der Waals surface area (Å²) in [6, 6.07) is 8.37. The van der Waals surface area contributed by atoms with E-state index in [0.29, 0.717) is 25.6 Å². The predicted octanol–water partition coefficient (Wildman–Crippen LogP) is 2.13. The van der Waals surface area contributed by atoms with Gasteiger partial charge in [-0.05, 0) is 30.4 Å². The van der Waals surface area contributed by atoms with Crippen LogP contribution >= 0.6 is 0 Å². The van der Waals surface area contributed by atoms with Gasteiger partial charge < -0.3 is 15.4 Å². The van der Waals surface area contributed by atoms with Gasteiger partial charge in [-0.15, -0.1) is 0 Å². The molecule has 4 nitrogen and oxygen atoms in total. The van der Waals surface area contributed by atoms with Gasteiger partial charge in [0.25, 0.3) is 0 Å². The minimum atomic E-state index is -0.211. The van der Waals surface area contributed by atoms with Crippen molar-refractivity contribution in [1.29, 1.82) is 0 Å². The molecule has 1 atom stereocenters. The lowest BCUT2D eigenvalue weighted by molar-refractivity contribution is -0.122. The molecule has 118 valence electrons. The normalized spacial score (nSPS) is 12.4. The van der Waals surface area contributed by atoms with Gasteiger partial charge in [0.1, 0.15) is 0 Å². The van der Waals surface area contributed by atoms with Crippen molar-refractivity contribution in [2.24, 2.45) is 5.92 Å². The Labute approximate surface area is 128 Å². The first-order valence-electron chi connectivity index (χ1n) is 7.60. The average molecular weight is 292 g/mol. The second kappa shape index (κ2) is 9.53. The zero-order chi connectivity index (χ0) is 15.7. The van der Waals surface area contributed by atoms with Crippen molar-refractivity contribution in [3.8, 4) is 0 Å². The fraction of sp³-hybridized carbons (Fsp3) is 0.588. The van der Waals surface area contributed by atoms with Gasteiger partial charge in [0.05, 0.1) is 12.6 Å². The van der Waals surface area contributed by atoms with E-state index < -0.39 is 0 Å². The molecule has 0 saturated heterocycles. The molecule has 1 amide bonds. The van der Waals surface area contributed by atoms with Gasteiger partial charge in [-0.25, -0.2) is 0 Å². The standard InChI is InChI=1S/C17H28N2O2/c1-13(2)11-15-5-7-16(8-6-15)12-19-14(3)17(20)18-9-10-21-4/h5-8,13-14,19H,9-12H2,1-4H3,(H,18,20). The maximum absolute atomic E-state index is 11.8. The first kappa shape index (κ1) is 17.7. The molecule has 0 aliphatic heterocycles. The third-order valence-electron chi connectivity index (χ3n) is 3.28. The van der Waals surface area contributed by atoms with E-state index >= 15 is 0 Å². The highest BCUT2D eigenvalue weighted by atomic mass is 16.5. The Morgan fingerprint density at radius 2 is 1.76 bits per heavy atom. The van der Waals surface area contributed by atoms with Crippen LogP contribution in [0.25, 0.3) is 0 Å². The summed E-state index contributed by atoms with van der Waals surface area (Å²) < 4.78 is 4.90. The largest absolute Gasteiger partial charge is 0.383 e. The number of methoxy groups -OCH3 is 1. The van der Waals surface area contributed by atoms with Gasteiger partial charge in [0, 0.05) is 20.2 Å². The minimum absolute atomic E-state index is 0.00322. The molecular formula is C17H28N2O2. The number of carbonyl (C=O) groups is 1. The summed E-state index contributed by atoms with van der Waals surface area (Å²) in [5, 5.41) is 6.06. The van der Waals surface area contributed by atoms with Crippen molar-refractivity contribution >= 4 is 5.91 Å². The first-order chi connectivity index (χ1) is 10.0. The van der Waals surface area contributed by atoms with Crippen LogP contribution in [0.15, 0.2) is 24.3 Å². The second-order valence-corrected chi connectivity index (χ2v) is 5.80. The zero-order valence-electron chi connectivity index (χ0n) is 13.6. The van der Waals surface area contributed by atoms with E-state index in [1.807, 2.05) is 6.92 Å².